The molecule has 0 amide bonds. The lowest BCUT2D eigenvalue weighted by atomic mass is 9.93. The molecule has 0 aromatic rings. The third-order valence-corrected chi connectivity index (χ3v) is 2.28. The summed E-state index contributed by atoms with van der Waals surface area (Å²) in [4.78, 5) is 0. The van der Waals surface area contributed by atoms with Crippen molar-refractivity contribution >= 4 is 11.8 Å². The van der Waals surface area contributed by atoms with E-state index < -0.39 is 0 Å². The van der Waals surface area contributed by atoms with Gasteiger partial charge in [-0.2, -0.15) is 0 Å². The normalized spacial score (nSPS) is 14.2. The second-order valence-electron chi connectivity index (χ2n) is 5.37. The van der Waals surface area contributed by atoms with Crippen LogP contribution < -0.4 is 0 Å². The van der Waals surface area contributed by atoms with Crippen LogP contribution in [0, 0.1) is 5.41 Å². The fourth-order valence-electron chi connectivity index (χ4n) is 0.654. The van der Waals surface area contributed by atoms with Gasteiger partial charge in [0.25, 0.3) is 0 Å². The van der Waals surface area contributed by atoms with Gasteiger partial charge in [-0.1, -0.05) is 47.6 Å². The monoisotopic (exact) mass is 186 g/mol. The van der Waals surface area contributed by atoms with Gasteiger partial charge in [-0.15, -0.1) is 11.8 Å². The molecule has 72 valence electrons. The van der Waals surface area contributed by atoms with E-state index >= 15 is 0 Å². The molecule has 0 aliphatic carbocycles. The number of hydrogen-bond acceptors (Lipinski definition) is 1. The Kier molecular flexibility index (Phi) is 4.39. The molecule has 0 aliphatic rings. The Morgan fingerprint density at radius 2 is 1.50 bits per heavy atom. The molecule has 0 nitrogen and oxygen atoms in total. The fourth-order valence-corrected chi connectivity index (χ4v) is 1.25. The maximum absolute atomic E-state index is 2.27. The molecule has 0 saturated heterocycles. The van der Waals surface area contributed by atoms with Crippen LogP contribution in [0.5, 0.6) is 0 Å². The third kappa shape index (κ3) is 10.1. The Morgan fingerprint density at radius 3 is 1.83 bits per heavy atom. The van der Waals surface area contributed by atoms with E-state index in [-0.39, 0.29) is 0 Å². The van der Waals surface area contributed by atoms with Crippen LogP contribution in [0.4, 0.5) is 0 Å². The molecule has 0 N–H and O–H groups in total. The molecule has 0 aromatic carbocycles. The zero-order valence-corrected chi connectivity index (χ0v) is 10.1. The van der Waals surface area contributed by atoms with Crippen LogP contribution in [0.25, 0.3) is 0 Å². The van der Waals surface area contributed by atoms with Crippen molar-refractivity contribution in [1.29, 1.82) is 0 Å². The maximum Gasteiger partial charge on any atom is 0.0116 e. The standard InChI is InChI=1S/C11H22S/c1-10(2,3)8-7-9-12-11(4,5)6/h7,9H,8H2,1-6H3/b9-7+. The fraction of sp³-hybridized carbons (Fsp3) is 0.818. The van der Waals surface area contributed by atoms with Gasteiger partial charge in [0.2, 0.25) is 0 Å². The summed E-state index contributed by atoms with van der Waals surface area (Å²) < 4.78 is 0.356. The molecule has 0 bridgehead atoms. The molecular weight excluding hydrogens is 164 g/mol. The Labute approximate surface area is 81.8 Å². The largest absolute Gasteiger partial charge is 0.128 e. The first-order valence-electron chi connectivity index (χ1n) is 4.53. The minimum Gasteiger partial charge on any atom is -0.128 e. The van der Waals surface area contributed by atoms with Crippen LogP contribution in [0.1, 0.15) is 48.0 Å². The molecule has 0 aliphatic heterocycles. The molecule has 0 spiro atoms. The van der Waals surface area contributed by atoms with E-state index in [1.807, 2.05) is 11.8 Å². The minimum absolute atomic E-state index is 0.356. The van der Waals surface area contributed by atoms with Crippen LogP contribution in [-0.4, -0.2) is 4.75 Å². The molecular formula is C11H22S. The molecule has 0 heterocycles. The van der Waals surface area contributed by atoms with Crippen molar-refractivity contribution in [3.63, 3.8) is 0 Å². The molecule has 0 aromatic heterocycles. The van der Waals surface area contributed by atoms with Gasteiger partial charge in [-0.05, 0) is 17.2 Å². The molecule has 1 heteroatoms. The van der Waals surface area contributed by atoms with Gasteiger partial charge in [0, 0.05) is 4.75 Å². The van der Waals surface area contributed by atoms with E-state index in [4.69, 9.17) is 0 Å². The summed E-state index contributed by atoms with van der Waals surface area (Å²) in [6.07, 6.45) is 3.44. The van der Waals surface area contributed by atoms with Gasteiger partial charge >= 0.3 is 0 Å². The van der Waals surface area contributed by atoms with E-state index in [0.29, 0.717) is 10.2 Å². The maximum atomic E-state index is 2.27. The lowest BCUT2D eigenvalue weighted by Crippen LogP contribution is -2.05. The highest BCUT2D eigenvalue weighted by molar-refractivity contribution is 8.03. The third-order valence-electron chi connectivity index (χ3n) is 1.25. The Balaban J connectivity index is 3.66. The molecule has 0 radical (unpaired) electrons. The molecule has 0 atom stereocenters. The molecule has 0 saturated carbocycles. The highest BCUT2D eigenvalue weighted by atomic mass is 32.2. The summed E-state index contributed by atoms with van der Waals surface area (Å²) in [5.74, 6) is 0. The lowest BCUT2D eigenvalue weighted by molar-refractivity contribution is 0.421. The Morgan fingerprint density at radius 1 is 1.00 bits per heavy atom. The van der Waals surface area contributed by atoms with Gasteiger partial charge in [-0.3, -0.25) is 0 Å². The first kappa shape index (κ1) is 12.1. The van der Waals surface area contributed by atoms with Crippen molar-refractivity contribution in [1.82, 2.24) is 0 Å². The van der Waals surface area contributed by atoms with Gasteiger partial charge in [0.1, 0.15) is 0 Å². The molecule has 0 fully saturated rings. The Bertz CT molecular complexity index is 125. The van der Waals surface area contributed by atoms with E-state index in [0.717, 1.165) is 6.42 Å². The van der Waals surface area contributed by atoms with Crippen LogP contribution in [0.3, 0.4) is 0 Å². The summed E-state index contributed by atoms with van der Waals surface area (Å²) in [6.45, 7) is 13.5. The number of hydrogen-bond donors (Lipinski definition) is 0. The van der Waals surface area contributed by atoms with Gasteiger partial charge in [0.15, 0.2) is 0 Å². The van der Waals surface area contributed by atoms with Crippen molar-refractivity contribution in [2.45, 2.75) is 52.7 Å². The average molecular weight is 186 g/mol. The van der Waals surface area contributed by atoms with Gasteiger partial charge in [0.05, 0.1) is 0 Å². The summed E-state index contributed by atoms with van der Waals surface area (Å²) in [5, 5.41) is 2.23. The first-order chi connectivity index (χ1) is 5.21. The summed E-state index contributed by atoms with van der Waals surface area (Å²) in [5.41, 5.74) is 0.426. The predicted molar refractivity (Wildman–Crippen MR) is 60.6 cm³/mol. The number of allylic oxidation sites excluding steroid dienone is 1. The van der Waals surface area contributed by atoms with E-state index in [9.17, 15) is 0 Å². The van der Waals surface area contributed by atoms with E-state index in [1.54, 1.807) is 0 Å². The zero-order valence-electron chi connectivity index (χ0n) is 9.27. The lowest BCUT2D eigenvalue weighted by Gasteiger charge is -2.16. The number of thioether (sulfide) groups is 1. The van der Waals surface area contributed by atoms with Crippen LogP contribution in [0.15, 0.2) is 11.5 Å². The molecule has 12 heavy (non-hydrogen) atoms. The van der Waals surface area contributed by atoms with E-state index in [1.165, 1.54) is 0 Å². The van der Waals surface area contributed by atoms with Crippen LogP contribution >= 0.6 is 11.8 Å². The van der Waals surface area contributed by atoms with Crippen molar-refractivity contribution in [2.24, 2.45) is 5.41 Å². The van der Waals surface area contributed by atoms with Crippen molar-refractivity contribution in [3.05, 3.63) is 11.5 Å². The van der Waals surface area contributed by atoms with Crippen molar-refractivity contribution in [2.75, 3.05) is 0 Å². The number of rotatable bonds is 2. The predicted octanol–water partition coefficient (Wildman–Crippen LogP) is 4.47. The first-order valence-corrected chi connectivity index (χ1v) is 5.41. The average Bonchev–Trinajstić information content (AvgIpc) is 1.76. The van der Waals surface area contributed by atoms with Gasteiger partial charge in [-0.25, -0.2) is 0 Å². The van der Waals surface area contributed by atoms with Gasteiger partial charge < -0.3 is 0 Å². The smallest absolute Gasteiger partial charge is 0.0116 e. The highest BCUT2D eigenvalue weighted by Gasteiger charge is 2.09. The SMILES string of the molecule is CC(C)(C)C/C=C/SC(C)(C)C. The second-order valence-corrected chi connectivity index (χ2v) is 7.10. The van der Waals surface area contributed by atoms with Crippen molar-refractivity contribution in [3.8, 4) is 0 Å². The van der Waals surface area contributed by atoms with Crippen molar-refractivity contribution < 1.29 is 0 Å². The van der Waals surface area contributed by atoms with Crippen LogP contribution in [-0.2, 0) is 0 Å². The summed E-state index contributed by atoms with van der Waals surface area (Å²) in [6, 6.07) is 0. The highest BCUT2D eigenvalue weighted by Crippen LogP contribution is 2.26. The van der Waals surface area contributed by atoms with E-state index in [2.05, 4.69) is 53.0 Å². The second kappa shape index (κ2) is 4.36. The molecule has 0 rings (SSSR count). The topological polar surface area (TPSA) is 0 Å². The summed E-state index contributed by atoms with van der Waals surface area (Å²) in [7, 11) is 0. The molecule has 0 unspecified atom stereocenters. The Hall–Kier alpha value is 0.0900. The van der Waals surface area contributed by atoms with Crippen LogP contribution in [0.2, 0.25) is 0 Å². The minimum atomic E-state index is 0.356. The zero-order chi connectivity index (χ0) is 9.83. The summed E-state index contributed by atoms with van der Waals surface area (Å²) >= 11 is 1.89. The quantitative estimate of drug-likeness (QED) is 0.613.